The Morgan fingerprint density at radius 2 is 2.06 bits per heavy atom. The van der Waals surface area contributed by atoms with Crippen LogP contribution in [0.15, 0.2) is 0 Å². The van der Waals surface area contributed by atoms with Crippen molar-refractivity contribution >= 4 is 11.8 Å². The number of carbonyl (C=O) groups excluding carboxylic acids is 2. The van der Waals surface area contributed by atoms with Gasteiger partial charge in [0.2, 0.25) is 11.8 Å². The van der Waals surface area contributed by atoms with Crippen LogP contribution in [0.5, 0.6) is 0 Å². The Morgan fingerprint density at radius 3 is 2.82 bits per heavy atom. The summed E-state index contributed by atoms with van der Waals surface area (Å²) in [4.78, 5) is 25.7. The topological polar surface area (TPSA) is 49.4 Å². The predicted molar refractivity (Wildman–Crippen MR) is 63.2 cm³/mol. The fraction of sp³-hybridized carbons (Fsp3) is 0.846. The first kappa shape index (κ1) is 11.1. The molecule has 1 saturated carbocycles. The number of hydrogen-bond acceptors (Lipinski definition) is 2. The highest BCUT2D eigenvalue weighted by Crippen LogP contribution is 2.37. The summed E-state index contributed by atoms with van der Waals surface area (Å²) in [6, 6.07) is 0.479. The molecule has 3 atom stereocenters. The van der Waals surface area contributed by atoms with E-state index >= 15 is 0 Å². The van der Waals surface area contributed by atoms with E-state index in [1.807, 2.05) is 0 Å². The number of nitrogens with zero attached hydrogens (tertiary/aromatic N) is 1. The average Bonchev–Trinajstić information content (AvgIpc) is 2.95. The average molecular weight is 236 g/mol. The molecule has 4 nitrogen and oxygen atoms in total. The Labute approximate surface area is 102 Å². The lowest BCUT2D eigenvalue weighted by atomic mass is 9.90. The number of likely N-dealkylation sites (tertiary alicyclic amines) is 1. The van der Waals surface area contributed by atoms with Gasteiger partial charge in [-0.25, -0.2) is 0 Å². The maximum Gasteiger partial charge on any atom is 0.228 e. The quantitative estimate of drug-likeness (QED) is 0.736. The second-order valence-electron chi connectivity index (χ2n) is 5.64. The van der Waals surface area contributed by atoms with Crippen LogP contribution >= 0.6 is 0 Å². The molecule has 17 heavy (non-hydrogen) atoms. The van der Waals surface area contributed by atoms with Crippen LogP contribution in [0.3, 0.4) is 0 Å². The van der Waals surface area contributed by atoms with Crippen LogP contribution in [-0.4, -0.2) is 35.8 Å². The van der Waals surface area contributed by atoms with Gasteiger partial charge in [-0.05, 0) is 31.6 Å². The zero-order chi connectivity index (χ0) is 11.8. The first-order valence-corrected chi connectivity index (χ1v) is 6.83. The van der Waals surface area contributed by atoms with Crippen molar-refractivity contribution in [2.75, 3.05) is 13.1 Å². The first-order chi connectivity index (χ1) is 8.25. The zero-order valence-electron chi connectivity index (χ0n) is 10.2. The van der Waals surface area contributed by atoms with Gasteiger partial charge < -0.3 is 10.2 Å². The van der Waals surface area contributed by atoms with E-state index in [0.29, 0.717) is 19.0 Å². The number of amides is 2. The third-order valence-corrected chi connectivity index (χ3v) is 4.60. The van der Waals surface area contributed by atoms with Gasteiger partial charge in [-0.3, -0.25) is 9.59 Å². The van der Waals surface area contributed by atoms with E-state index in [9.17, 15) is 9.59 Å². The largest absolute Gasteiger partial charge is 0.355 e. The summed E-state index contributed by atoms with van der Waals surface area (Å²) in [6.45, 7) is 1.45. The highest BCUT2D eigenvalue weighted by molar-refractivity contribution is 5.89. The van der Waals surface area contributed by atoms with Crippen molar-refractivity contribution in [3.05, 3.63) is 0 Å². The van der Waals surface area contributed by atoms with Gasteiger partial charge in [-0.1, -0.05) is 6.42 Å². The Bertz CT molecular complexity index is 342. The second kappa shape index (κ2) is 4.31. The molecular weight excluding hydrogens is 216 g/mol. The number of fused-ring (bicyclic) bond motifs is 1. The predicted octanol–water partition coefficient (Wildman–Crippen LogP) is 0.914. The van der Waals surface area contributed by atoms with E-state index in [0.717, 1.165) is 18.9 Å². The van der Waals surface area contributed by atoms with Gasteiger partial charge >= 0.3 is 0 Å². The number of carbonyl (C=O) groups is 2. The summed E-state index contributed by atoms with van der Waals surface area (Å²) in [7, 11) is 0. The van der Waals surface area contributed by atoms with Crippen molar-refractivity contribution in [1.82, 2.24) is 10.2 Å². The molecule has 4 heteroatoms. The molecule has 1 N–H and O–H groups in total. The van der Waals surface area contributed by atoms with Gasteiger partial charge in [0.05, 0.1) is 5.92 Å². The van der Waals surface area contributed by atoms with E-state index in [-0.39, 0.29) is 17.7 Å². The molecule has 0 aromatic carbocycles. The summed E-state index contributed by atoms with van der Waals surface area (Å²) in [6.07, 6.45) is 6.55. The van der Waals surface area contributed by atoms with Crippen molar-refractivity contribution in [3.8, 4) is 0 Å². The number of nitrogens with one attached hydrogen (secondary N) is 1. The Balaban J connectivity index is 1.70. The van der Waals surface area contributed by atoms with Crippen LogP contribution in [0.25, 0.3) is 0 Å². The smallest absolute Gasteiger partial charge is 0.228 e. The minimum Gasteiger partial charge on any atom is -0.355 e. The zero-order valence-corrected chi connectivity index (χ0v) is 10.2. The van der Waals surface area contributed by atoms with Crippen molar-refractivity contribution in [3.63, 3.8) is 0 Å². The van der Waals surface area contributed by atoms with E-state index < -0.39 is 0 Å². The van der Waals surface area contributed by atoms with Gasteiger partial charge in [0, 0.05) is 25.6 Å². The standard InChI is InChI=1S/C13H20N2O2/c16-12-7-10(8-14-12)13(17)15-6-2-4-9-3-1-5-11(9)15/h9-11H,1-8H2,(H,14,16). The minimum atomic E-state index is -0.0955. The second-order valence-corrected chi connectivity index (χ2v) is 5.64. The van der Waals surface area contributed by atoms with Crippen LogP contribution in [0.1, 0.15) is 38.5 Å². The van der Waals surface area contributed by atoms with Crippen molar-refractivity contribution < 1.29 is 9.59 Å². The molecule has 3 rings (SSSR count). The summed E-state index contributed by atoms with van der Waals surface area (Å²) in [5.41, 5.74) is 0. The minimum absolute atomic E-state index is 0.0309. The molecular formula is C13H20N2O2. The summed E-state index contributed by atoms with van der Waals surface area (Å²) in [5.74, 6) is 0.892. The molecule has 2 aliphatic heterocycles. The molecule has 3 unspecified atom stereocenters. The third-order valence-electron chi connectivity index (χ3n) is 4.60. The molecule has 0 bridgehead atoms. The van der Waals surface area contributed by atoms with Crippen LogP contribution in [0, 0.1) is 11.8 Å². The Morgan fingerprint density at radius 1 is 1.24 bits per heavy atom. The van der Waals surface area contributed by atoms with Gasteiger partial charge in [0.1, 0.15) is 0 Å². The third kappa shape index (κ3) is 1.94. The van der Waals surface area contributed by atoms with Gasteiger partial charge in [-0.2, -0.15) is 0 Å². The summed E-state index contributed by atoms with van der Waals surface area (Å²) < 4.78 is 0. The lowest BCUT2D eigenvalue weighted by molar-refractivity contribution is -0.140. The SMILES string of the molecule is O=C1CC(C(=O)N2CCCC3CCCC32)CN1. The normalized spacial score (nSPS) is 36.8. The number of hydrogen-bond donors (Lipinski definition) is 1. The van der Waals surface area contributed by atoms with E-state index in [2.05, 4.69) is 10.2 Å². The lowest BCUT2D eigenvalue weighted by Gasteiger charge is -2.39. The number of piperidine rings is 1. The molecule has 0 radical (unpaired) electrons. The van der Waals surface area contributed by atoms with Gasteiger partial charge in [-0.15, -0.1) is 0 Å². The molecule has 0 spiro atoms. The van der Waals surface area contributed by atoms with Crippen LogP contribution in [0.4, 0.5) is 0 Å². The van der Waals surface area contributed by atoms with Crippen LogP contribution in [-0.2, 0) is 9.59 Å². The molecule has 3 aliphatic rings. The maximum absolute atomic E-state index is 12.4. The molecule has 2 saturated heterocycles. The molecule has 1 aliphatic carbocycles. The van der Waals surface area contributed by atoms with Crippen molar-refractivity contribution in [2.45, 2.75) is 44.6 Å². The molecule has 94 valence electrons. The van der Waals surface area contributed by atoms with Crippen LogP contribution < -0.4 is 5.32 Å². The van der Waals surface area contributed by atoms with E-state index in [1.165, 1.54) is 25.7 Å². The molecule has 2 amide bonds. The first-order valence-electron chi connectivity index (χ1n) is 6.83. The highest BCUT2D eigenvalue weighted by Gasteiger charge is 2.40. The van der Waals surface area contributed by atoms with Gasteiger partial charge in [0.15, 0.2) is 0 Å². The summed E-state index contributed by atoms with van der Waals surface area (Å²) >= 11 is 0. The van der Waals surface area contributed by atoms with Crippen LogP contribution in [0.2, 0.25) is 0 Å². The summed E-state index contributed by atoms with van der Waals surface area (Å²) in [5, 5.41) is 2.76. The Hall–Kier alpha value is -1.06. The maximum atomic E-state index is 12.4. The lowest BCUT2D eigenvalue weighted by Crippen LogP contribution is -2.48. The van der Waals surface area contributed by atoms with Crippen molar-refractivity contribution in [1.29, 1.82) is 0 Å². The number of rotatable bonds is 1. The van der Waals surface area contributed by atoms with E-state index in [4.69, 9.17) is 0 Å². The molecule has 0 aromatic heterocycles. The van der Waals surface area contributed by atoms with Gasteiger partial charge in [0.25, 0.3) is 0 Å². The highest BCUT2D eigenvalue weighted by atomic mass is 16.2. The van der Waals surface area contributed by atoms with E-state index in [1.54, 1.807) is 0 Å². The molecule has 3 fully saturated rings. The molecule has 0 aromatic rings. The Kier molecular flexibility index (Phi) is 2.81. The fourth-order valence-corrected chi connectivity index (χ4v) is 3.74. The van der Waals surface area contributed by atoms with Crippen molar-refractivity contribution in [2.24, 2.45) is 11.8 Å². The monoisotopic (exact) mass is 236 g/mol. The molecule has 2 heterocycles. The fourth-order valence-electron chi connectivity index (χ4n) is 3.74.